The summed E-state index contributed by atoms with van der Waals surface area (Å²) in [4.78, 5) is 19.1. The summed E-state index contributed by atoms with van der Waals surface area (Å²) in [6, 6.07) is 0. The van der Waals surface area contributed by atoms with Crippen LogP contribution < -0.4 is 9.67 Å². The van der Waals surface area contributed by atoms with Crippen molar-refractivity contribution >= 4 is 11.9 Å². The number of unbranched alkanes of at least 4 members (excludes halogenated alkanes) is 1. The van der Waals surface area contributed by atoms with Gasteiger partial charge in [-0.05, 0) is 12.8 Å². The Kier molecular flexibility index (Phi) is 8.26. The van der Waals surface area contributed by atoms with Gasteiger partial charge in [0.1, 0.15) is 12.4 Å². The molecule has 0 unspecified atom stereocenters. The van der Waals surface area contributed by atoms with Crippen molar-refractivity contribution in [2.75, 3.05) is 0 Å². The van der Waals surface area contributed by atoms with Gasteiger partial charge in [-0.25, -0.2) is 9.13 Å². The number of imidazole rings is 1. The number of hydrogen-bond donors (Lipinski definition) is 1. The lowest BCUT2D eigenvalue weighted by atomic mass is 10.3. The number of aryl methyl sites for hydroxylation is 2. The number of carbonyl (C=O) groups is 2. The summed E-state index contributed by atoms with van der Waals surface area (Å²) >= 11 is 0. The normalized spacial score (nSPS) is 9.44. The summed E-state index contributed by atoms with van der Waals surface area (Å²) in [5, 5.41) is 17.4. The van der Waals surface area contributed by atoms with Gasteiger partial charge < -0.3 is 15.0 Å². The van der Waals surface area contributed by atoms with Crippen LogP contribution in [0.25, 0.3) is 0 Å². The fraction of sp³-hybridized carbons (Fsp3) is 0.583. The molecule has 0 aromatic carbocycles. The standard InChI is InChI=1S/C8H15N2.C4H6O4/c1-3-4-5-10-7-6-9(2)8-10;5-3(6)1-2-4(7)8/h6-8H,3-5H2,1-2H3;1-2H2,(H,5,6)(H,7,8)/q+1;/p-1. The third-order valence-corrected chi connectivity index (χ3v) is 2.14. The first-order valence-corrected chi connectivity index (χ1v) is 5.88. The van der Waals surface area contributed by atoms with Crippen LogP contribution in [0.5, 0.6) is 0 Å². The Labute approximate surface area is 106 Å². The van der Waals surface area contributed by atoms with Gasteiger partial charge in [0.15, 0.2) is 0 Å². The van der Waals surface area contributed by atoms with E-state index in [0.717, 1.165) is 6.54 Å². The van der Waals surface area contributed by atoms with Gasteiger partial charge in [-0.2, -0.15) is 0 Å². The van der Waals surface area contributed by atoms with E-state index in [-0.39, 0.29) is 6.42 Å². The molecule has 6 nitrogen and oxygen atoms in total. The molecule has 6 heteroatoms. The molecule has 0 aliphatic heterocycles. The van der Waals surface area contributed by atoms with E-state index in [1.165, 1.54) is 12.8 Å². The van der Waals surface area contributed by atoms with Gasteiger partial charge in [-0.1, -0.05) is 13.3 Å². The minimum atomic E-state index is -1.33. The van der Waals surface area contributed by atoms with Gasteiger partial charge >= 0.3 is 5.97 Å². The monoisotopic (exact) mass is 256 g/mol. The van der Waals surface area contributed by atoms with Gasteiger partial charge in [-0.15, -0.1) is 0 Å². The van der Waals surface area contributed by atoms with Crippen molar-refractivity contribution in [1.82, 2.24) is 4.57 Å². The molecular formula is C12H20N2O4. The highest BCUT2D eigenvalue weighted by atomic mass is 16.4. The molecule has 0 bridgehead atoms. The first kappa shape index (κ1) is 16.1. The highest BCUT2D eigenvalue weighted by Gasteiger charge is 1.96. The van der Waals surface area contributed by atoms with Crippen molar-refractivity contribution in [1.29, 1.82) is 0 Å². The Morgan fingerprint density at radius 2 is 2.06 bits per heavy atom. The van der Waals surface area contributed by atoms with E-state index in [1.807, 2.05) is 7.05 Å². The van der Waals surface area contributed by atoms with Crippen LogP contribution in [0.15, 0.2) is 18.7 Å². The quantitative estimate of drug-likeness (QED) is 0.709. The van der Waals surface area contributed by atoms with E-state index >= 15 is 0 Å². The van der Waals surface area contributed by atoms with E-state index in [4.69, 9.17) is 5.11 Å². The fourth-order valence-corrected chi connectivity index (χ4v) is 1.18. The van der Waals surface area contributed by atoms with E-state index in [1.54, 1.807) is 0 Å². The predicted molar refractivity (Wildman–Crippen MR) is 62.4 cm³/mol. The third-order valence-electron chi connectivity index (χ3n) is 2.14. The molecule has 0 amide bonds. The minimum Gasteiger partial charge on any atom is -0.550 e. The number of nitrogens with zero attached hydrogens (tertiary/aromatic N) is 2. The van der Waals surface area contributed by atoms with Crippen molar-refractivity contribution in [3.63, 3.8) is 0 Å². The fourth-order valence-electron chi connectivity index (χ4n) is 1.18. The lowest BCUT2D eigenvalue weighted by Crippen LogP contribution is -2.23. The number of carboxylic acid groups (broad SMARTS) is 2. The van der Waals surface area contributed by atoms with Crippen LogP contribution in [0.1, 0.15) is 32.6 Å². The van der Waals surface area contributed by atoms with Crippen molar-refractivity contribution in [2.24, 2.45) is 7.05 Å². The Hall–Kier alpha value is -1.85. The molecule has 0 aliphatic rings. The van der Waals surface area contributed by atoms with Crippen LogP contribution >= 0.6 is 0 Å². The molecule has 1 aromatic heterocycles. The molecule has 0 saturated heterocycles. The first-order chi connectivity index (χ1) is 8.45. The lowest BCUT2D eigenvalue weighted by Gasteiger charge is -1.94. The van der Waals surface area contributed by atoms with Crippen LogP contribution in [-0.2, 0) is 23.2 Å². The van der Waals surface area contributed by atoms with E-state index in [0.29, 0.717) is 0 Å². The second-order valence-electron chi connectivity index (χ2n) is 3.94. The topological polar surface area (TPSA) is 86.2 Å². The Morgan fingerprint density at radius 3 is 2.39 bits per heavy atom. The van der Waals surface area contributed by atoms with Crippen molar-refractivity contribution in [3.8, 4) is 0 Å². The number of hydrogen-bond acceptors (Lipinski definition) is 3. The molecule has 1 aromatic rings. The van der Waals surface area contributed by atoms with Crippen LogP contribution in [0.4, 0.5) is 0 Å². The maximum atomic E-state index is 9.61. The summed E-state index contributed by atoms with van der Waals surface area (Å²) in [5.41, 5.74) is 0. The molecule has 0 radical (unpaired) electrons. The van der Waals surface area contributed by atoms with Crippen LogP contribution in [0.2, 0.25) is 0 Å². The molecule has 0 spiro atoms. The number of aliphatic carboxylic acids is 2. The number of carboxylic acids is 2. The van der Waals surface area contributed by atoms with E-state index in [2.05, 4.69) is 34.8 Å². The Balaban J connectivity index is 0.000000331. The molecule has 18 heavy (non-hydrogen) atoms. The highest BCUT2D eigenvalue weighted by Crippen LogP contribution is 1.91. The summed E-state index contributed by atoms with van der Waals surface area (Å²) in [6.07, 6.45) is 8.05. The molecule has 0 atom stereocenters. The number of aromatic nitrogens is 2. The first-order valence-electron chi connectivity index (χ1n) is 5.88. The van der Waals surface area contributed by atoms with Crippen LogP contribution in [-0.4, -0.2) is 21.6 Å². The van der Waals surface area contributed by atoms with Gasteiger partial charge in [-0.3, -0.25) is 4.79 Å². The largest absolute Gasteiger partial charge is 0.550 e. The molecule has 1 rings (SSSR count). The van der Waals surface area contributed by atoms with Crippen molar-refractivity contribution in [3.05, 3.63) is 18.7 Å². The second-order valence-corrected chi connectivity index (χ2v) is 3.94. The van der Waals surface area contributed by atoms with Gasteiger partial charge in [0.2, 0.25) is 6.33 Å². The average molecular weight is 256 g/mol. The third kappa shape index (κ3) is 9.38. The van der Waals surface area contributed by atoms with Crippen molar-refractivity contribution < 1.29 is 24.4 Å². The Bertz CT molecular complexity index is 360. The molecule has 102 valence electrons. The number of carbonyl (C=O) groups excluding carboxylic acids is 1. The van der Waals surface area contributed by atoms with Crippen LogP contribution in [0, 0.1) is 0 Å². The summed E-state index contributed by atoms with van der Waals surface area (Å²) < 4.78 is 4.28. The molecule has 0 fully saturated rings. The maximum Gasteiger partial charge on any atom is 0.303 e. The van der Waals surface area contributed by atoms with Gasteiger partial charge in [0, 0.05) is 5.97 Å². The average Bonchev–Trinajstić information content (AvgIpc) is 2.70. The number of rotatable bonds is 6. The highest BCUT2D eigenvalue weighted by molar-refractivity contribution is 5.74. The predicted octanol–water partition coefficient (Wildman–Crippen LogP) is -0.286. The molecule has 0 saturated carbocycles. The Morgan fingerprint density at radius 1 is 1.39 bits per heavy atom. The van der Waals surface area contributed by atoms with Gasteiger partial charge in [0.05, 0.1) is 20.0 Å². The zero-order chi connectivity index (χ0) is 14.0. The second kappa shape index (κ2) is 9.21. The van der Waals surface area contributed by atoms with Crippen molar-refractivity contribution in [2.45, 2.75) is 39.2 Å². The van der Waals surface area contributed by atoms with E-state index in [9.17, 15) is 14.7 Å². The van der Waals surface area contributed by atoms with Crippen LogP contribution in [0.3, 0.4) is 0 Å². The smallest absolute Gasteiger partial charge is 0.303 e. The maximum absolute atomic E-state index is 9.61. The zero-order valence-corrected chi connectivity index (χ0v) is 10.8. The molecule has 0 aliphatic carbocycles. The minimum absolute atomic E-state index is 0.359. The molecule has 1 heterocycles. The zero-order valence-electron chi connectivity index (χ0n) is 10.8. The molecule has 1 N–H and O–H groups in total. The SMILES string of the molecule is CCCCn1cc[n+](C)c1.O=C([O-])CCC(=O)O. The lowest BCUT2D eigenvalue weighted by molar-refractivity contribution is -0.671. The summed E-state index contributed by atoms with van der Waals surface area (Å²) in [5.74, 6) is -2.44. The molecular weight excluding hydrogens is 236 g/mol. The summed E-state index contributed by atoms with van der Waals surface area (Å²) in [6.45, 7) is 3.36. The van der Waals surface area contributed by atoms with E-state index < -0.39 is 18.4 Å². The van der Waals surface area contributed by atoms with Gasteiger partial charge in [0.25, 0.3) is 0 Å². The summed E-state index contributed by atoms with van der Waals surface area (Å²) in [7, 11) is 2.04.